The summed E-state index contributed by atoms with van der Waals surface area (Å²) >= 11 is 5.89. The van der Waals surface area contributed by atoms with Crippen LogP contribution in [0.5, 0.6) is 0 Å². The van der Waals surface area contributed by atoms with Gasteiger partial charge in [0.25, 0.3) is 0 Å². The van der Waals surface area contributed by atoms with Crippen LogP contribution in [0.1, 0.15) is 31.7 Å². The average molecular weight is 267 g/mol. The van der Waals surface area contributed by atoms with Crippen molar-refractivity contribution in [3.63, 3.8) is 0 Å². The molecule has 1 aliphatic heterocycles. The number of amides is 1. The zero-order valence-electron chi connectivity index (χ0n) is 10.7. The van der Waals surface area contributed by atoms with Gasteiger partial charge in [-0.2, -0.15) is 0 Å². The zero-order chi connectivity index (χ0) is 13.1. The number of anilines is 1. The first-order valence-electron chi connectivity index (χ1n) is 6.38. The van der Waals surface area contributed by atoms with Gasteiger partial charge < -0.3 is 10.6 Å². The molecule has 1 amide bonds. The maximum atomic E-state index is 12.0. The molecule has 1 aromatic rings. The second-order valence-electron chi connectivity index (χ2n) is 5.10. The summed E-state index contributed by atoms with van der Waals surface area (Å²) < 4.78 is 0. The standard InChI is InChI=1S/C14H19ClN2O/c1-10-2-5-14(18)17(7-6-10)9-11-3-4-12(15)13(16)8-11/h3-4,8,10H,2,5-7,9,16H2,1H3. The van der Waals surface area contributed by atoms with Crippen LogP contribution in [0.3, 0.4) is 0 Å². The van der Waals surface area contributed by atoms with Gasteiger partial charge in [0.15, 0.2) is 0 Å². The minimum absolute atomic E-state index is 0.243. The van der Waals surface area contributed by atoms with Crippen molar-refractivity contribution in [1.82, 2.24) is 4.90 Å². The van der Waals surface area contributed by atoms with Gasteiger partial charge in [-0.1, -0.05) is 24.6 Å². The van der Waals surface area contributed by atoms with E-state index in [0.29, 0.717) is 29.6 Å². The van der Waals surface area contributed by atoms with E-state index in [-0.39, 0.29) is 5.91 Å². The minimum atomic E-state index is 0.243. The van der Waals surface area contributed by atoms with Crippen LogP contribution in [0.2, 0.25) is 5.02 Å². The van der Waals surface area contributed by atoms with E-state index in [1.807, 2.05) is 17.0 Å². The van der Waals surface area contributed by atoms with E-state index < -0.39 is 0 Å². The number of carbonyl (C=O) groups excluding carboxylic acids is 1. The number of hydrogen-bond acceptors (Lipinski definition) is 2. The van der Waals surface area contributed by atoms with Crippen molar-refractivity contribution in [1.29, 1.82) is 0 Å². The summed E-state index contributed by atoms with van der Waals surface area (Å²) in [5.74, 6) is 0.877. The first-order valence-corrected chi connectivity index (χ1v) is 6.75. The quantitative estimate of drug-likeness (QED) is 0.837. The van der Waals surface area contributed by atoms with Crippen molar-refractivity contribution in [2.45, 2.75) is 32.7 Å². The number of likely N-dealkylation sites (tertiary alicyclic amines) is 1. The summed E-state index contributed by atoms with van der Waals surface area (Å²) in [5.41, 5.74) is 7.39. The van der Waals surface area contributed by atoms with Crippen LogP contribution in [-0.2, 0) is 11.3 Å². The second kappa shape index (κ2) is 5.61. The molecule has 0 aromatic heterocycles. The lowest BCUT2D eigenvalue weighted by Crippen LogP contribution is -2.29. The topological polar surface area (TPSA) is 46.3 Å². The summed E-state index contributed by atoms with van der Waals surface area (Å²) in [7, 11) is 0. The second-order valence-corrected chi connectivity index (χ2v) is 5.51. The highest BCUT2D eigenvalue weighted by molar-refractivity contribution is 6.33. The van der Waals surface area contributed by atoms with Gasteiger partial charge >= 0.3 is 0 Å². The number of halogens is 1. The van der Waals surface area contributed by atoms with E-state index in [4.69, 9.17) is 17.3 Å². The van der Waals surface area contributed by atoms with Crippen LogP contribution in [0.25, 0.3) is 0 Å². The van der Waals surface area contributed by atoms with Crippen LogP contribution in [0.15, 0.2) is 18.2 Å². The Balaban J connectivity index is 2.07. The molecule has 1 saturated heterocycles. The molecule has 1 fully saturated rings. The highest BCUT2D eigenvalue weighted by atomic mass is 35.5. The van der Waals surface area contributed by atoms with E-state index >= 15 is 0 Å². The first-order chi connectivity index (χ1) is 8.56. The van der Waals surface area contributed by atoms with Gasteiger partial charge in [-0.15, -0.1) is 0 Å². The summed E-state index contributed by atoms with van der Waals surface area (Å²) in [4.78, 5) is 13.9. The van der Waals surface area contributed by atoms with Crippen molar-refractivity contribution in [2.75, 3.05) is 12.3 Å². The first kappa shape index (κ1) is 13.2. The fourth-order valence-corrected chi connectivity index (χ4v) is 2.37. The average Bonchev–Trinajstić information content (AvgIpc) is 2.49. The van der Waals surface area contributed by atoms with Crippen LogP contribution in [-0.4, -0.2) is 17.4 Å². The molecule has 18 heavy (non-hydrogen) atoms. The molecular weight excluding hydrogens is 248 g/mol. The predicted molar refractivity (Wildman–Crippen MR) is 74.3 cm³/mol. The Bertz CT molecular complexity index is 447. The smallest absolute Gasteiger partial charge is 0.222 e. The molecule has 0 aliphatic carbocycles. The molecular formula is C14H19ClN2O. The molecule has 1 atom stereocenters. The normalized spacial score (nSPS) is 20.9. The van der Waals surface area contributed by atoms with Gasteiger partial charge in [0.05, 0.1) is 10.7 Å². The van der Waals surface area contributed by atoms with Gasteiger partial charge in [0.1, 0.15) is 0 Å². The lowest BCUT2D eigenvalue weighted by Gasteiger charge is -2.21. The van der Waals surface area contributed by atoms with Crippen molar-refractivity contribution >= 4 is 23.2 Å². The Morgan fingerprint density at radius 1 is 1.44 bits per heavy atom. The van der Waals surface area contributed by atoms with Crippen LogP contribution >= 0.6 is 11.6 Å². The van der Waals surface area contributed by atoms with E-state index in [0.717, 1.165) is 24.9 Å². The minimum Gasteiger partial charge on any atom is -0.398 e. The molecule has 3 nitrogen and oxygen atoms in total. The van der Waals surface area contributed by atoms with Crippen molar-refractivity contribution in [3.05, 3.63) is 28.8 Å². The number of carbonyl (C=O) groups is 1. The van der Waals surface area contributed by atoms with Crippen molar-refractivity contribution < 1.29 is 4.79 Å². The molecule has 0 radical (unpaired) electrons. The molecule has 1 heterocycles. The molecule has 2 rings (SSSR count). The highest BCUT2D eigenvalue weighted by Crippen LogP contribution is 2.23. The molecule has 1 aliphatic rings. The third kappa shape index (κ3) is 3.16. The van der Waals surface area contributed by atoms with E-state index in [2.05, 4.69) is 6.92 Å². The van der Waals surface area contributed by atoms with E-state index in [1.165, 1.54) is 0 Å². The maximum Gasteiger partial charge on any atom is 0.222 e. The van der Waals surface area contributed by atoms with Crippen LogP contribution in [0, 0.1) is 5.92 Å². The number of rotatable bonds is 2. The third-order valence-corrected chi connectivity index (χ3v) is 3.87. The van der Waals surface area contributed by atoms with Gasteiger partial charge in [-0.25, -0.2) is 0 Å². The Hall–Kier alpha value is -1.22. The largest absolute Gasteiger partial charge is 0.398 e. The lowest BCUT2D eigenvalue weighted by molar-refractivity contribution is -0.131. The monoisotopic (exact) mass is 266 g/mol. The summed E-state index contributed by atoms with van der Waals surface area (Å²) in [6.45, 7) is 3.67. The predicted octanol–water partition coefficient (Wildman–Crippen LogP) is 3.07. The molecule has 1 unspecified atom stereocenters. The van der Waals surface area contributed by atoms with Crippen LogP contribution in [0.4, 0.5) is 5.69 Å². The summed E-state index contributed by atoms with van der Waals surface area (Å²) in [5, 5.41) is 0.564. The number of nitrogens with zero attached hydrogens (tertiary/aromatic N) is 1. The SMILES string of the molecule is CC1CCC(=O)N(Cc2ccc(Cl)c(N)c2)CC1. The highest BCUT2D eigenvalue weighted by Gasteiger charge is 2.20. The summed E-state index contributed by atoms with van der Waals surface area (Å²) in [6.07, 6.45) is 2.73. The number of hydrogen-bond donors (Lipinski definition) is 1. The molecule has 2 N–H and O–H groups in total. The van der Waals surface area contributed by atoms with Crippen LogP contribution < -0.4 is 5.73 Å². The van der Waals surface area contributed by atoms with E-state index in [1.54, 1.807) is 6.07 Å². The Morgan fingerprint density at radius 2 is 2.22 bits per heavy atom. The molecule has 98 valence electrons. The zero-order valence-corrected chi connectivity index (χ0v) is 11.4. The number of nitrogen functional groups attached to an aromatic ring is 1. The lowest BCUT2D eigenvalue weighted by atomic mass is 10.0. The fourth-order valence-electron chi connectivity index (χ4n) is 2.25. The fraction of sp³-hybridized carbons (Fsp3) is 0.500. The van der Waals surface area contributed by atoms with Crippen molar-refractivity contribution in [3.8, 4) is 0 Å². The molecule has 0 saturated carbocycles. The third-order valence-electron chi connectivity index (χ3n) is 3.53. The van der Waals surface area contributed by atoms with E-state index in [9.17, 15) is 4.79 Å². The summed E-state index contributed by atoms with van der Waals surface area (Å²) in [6, 6.07) is 5.57. The van der Waals surface area contributed by atoms with Gasteiger partial charge in [0.2, 0.25) is 5.91 Å². The maximum absolute atomic E-state index is 12.0. The molecule has 0 bridgehead atoms. The Labute approximate surface area is 113 Å². The van der Waals surface area contributed by atoms with Gasteiger partial charge in [0, 0.05) is 19.5 Å². The van der Waals surface area contributed by atoms with Gasteiger partial charge in [-0.3, -0.25) is 4.79 Å². The number of nitrogens with two attached hydrogens (primary N) is 1. The number of benzene rings is 1. The Morgan fingerprint density at radius 3 is 2.94 bits per heavy atom. The Kier molecular flexibility index (Phi) is 4.12. The molecule has 1 aromatic carbocycles. The molecule has 0 spiro atoms. The van der Waals surface area contributed by atoms with Gasteiger partial charge in [-0.05, 0) is 36.5 Å². The van der Waals surface area contributed by atoms with Crippen molar-refractivity contribution in [2.24, 2.45) is 5.92 Å². The molecule has 4 heteroatoms.